The number of halogens is 2. The van der Waals surface area contributed by atoms with Crippen molar-refractivity contribution in [1.82, 2.24) is 4.90 Å². The van der Waals surface area contributed by atoms with Crippen LogP contribution in [-0.2, 0) is 10.0 Å². The van der Waals surface area contributed by atoms with Gasteiger partial charge in [0, 0.05) is 18.7 Å². The van der Waals surface area contributed by atoms with E-state index >= 15 is 0 Å². The van der Waals surface area contributed by atoms with Gasteiger partial charge in [0.05, 0.1) is 5.56 Å². The van der Waals surface area contributed by atoms with E-state index in [1.54, 1.807) is 6.92 Å². The Balaban J connectivity index is 2.48. The molecule has 0 unspecified atom stereocenters. The average molecular weight is 304 g/mol. The Hall–Kier alpha value is -1.54. The van der Waals surface area contributed by atoms with Crippen LogP contribution >= 0.6 is 0 Å². The van der Waals surface area contributed by atoms with Crippen LogP contribution in [-0.4, -0.2) is 31.8 Å². The van der Waals surface area contributed by atoms with Gasteiger partial charge in [-0.3, -0.25) is 4.79 Å². The summed E-state index contributed by atoms with van der Waals surface area (Å²) in [4.78, 5) is 12.7. The van der Waals surface area contributed by atoms with Crippen LogP contribution in [0.15, 0.2) is 17.0 Å². The summed E-state index contributed by atoms with van der Waals surface area (Å²) in [5, 5.41) is 4.84. The van der Waals surface area contributed by atoms with Gasteiger partial charge in [-0.25, -0.2) is 22.3 Å². The molecule has 0 atom stereocenters. The van der Waals surface area contributed by atoms with Crippen LogP contribution < -0.4 is 5.14 Å². The summed E-state index contributed by atoms with van der Waals surface area (Å²) in [6, 6.07) is 1.07. The van der Waals surface area contributed by atoms with Crippen molar-refractivity contribution in [3.05, 3.63) is 29.3 Å². The summed E-state index contributed by atoms with van der Waals surface area (Å²) in [7, 11) is -4.36. The lowest BCUT2D eigenvalue weighted by Crippen LogP contribution is -2.33. The molecule has 2 rings (SSSR count). The molecule has 0 bridgehead atoms. The Labute approximate surface area is 115 Å². The summed E-state index contributed by atoms with van der Waals surface area (Å²) in [5.41, 5.74) is -0.482. The molecule has 2 N–H and O–H groups in total. The lowest BCUT2D eigenvalue weighted by molar-refractivity contribution is 0.0747. The Morgan fingerprint density at radius 3 is 2.40 bits per heavy atom. The topological polar surface area (TPSA) is 80.5 Å². The standard InChI is InChI=1S/C12H14F2N2O3S/c1-2-16(7-3-4-7)12(17)8-5-11(20(15,18)19)10(14)6-9(8)13/h5-7H,2-4H2,1H3,(H2,15,18,19). The van der Waals surface area contributed by atoms with Crippen LogP contribution in [0, 0.1) is 11.6 Å². The summed E-state index contributed by atoms with van der Waals surface area (Å²) in [6.07, 6.45) is 1.65. The molecule has 0 spiro atoms. The Kier molecular flexibility index (Phi) is 3.79. The maximum Gasteiger partial charge on any atom is 0.257 e. The molecule has 20 heavy (non-hydrogen) atoms. The van der Waals surface area contributed by atoms with Crippen LogP contribution in [0.3, 0.4) is 0 Å². The third-order valence-corrected chi connectivity index (χ3v) is 4.07. The lowest BCUT2D eigenvalue weighted by atomic mass is 10.1. The zero-order chi connectivity index (χ0) is 15.1. The highest BCUT2D eigenvalue weighted by Gasteiger charge is 2.33. The van der Waals surface area contributed by atoms with E-state index in [0.717, 1.165) is 12.8 Å². The molecule has 110 valence electrons. The first kappa shape index (κ1) is 14.9. The summed E-state index contributed by atoms with van der Waals surface area (Å²) < 4.78 is 49.6. The van der Waals surface area contributed by atoms with Crippen LogP contribution in [0.1, 0.15) is 30.1 Å². The van der Waals surface area contributed by atoms with Crippen molar-refractivity contribution in [2.45, 2.75) is 30.7 Å². The molecular weight excluding hydrogens is 290 g/mol. The minimum atomic E-state index is -4.36. The Bertz CT molecular complexity index is 657. The van der Waals surface area contributed by atoms with Crippen LogP contribution in [0.4, 0.5) is 8.78 Å². The maximum atomic E-state index is 13.7. The number of benzene rings is 1. The fourth-order valence-corrected chi connectivity index (χ4v) is 2.63. The largest absolute Gasteiger partial charge is 0.336 e. The van der Waals surface area contributed by atoms with Gasteiger partial charge < -0.3 is 4.90 Å². The first-order valence-electron chi connectivity index (χ1n) is 6.08. The first-order valence-corrected chi connectivity index (χ1v) is 7.63. The van der Waals surface area contributed by atoms with Crippen molar-refractivity contribution in [2.75, 3.05) is 6.54 Å². The summed E-state index contributed by atoms with van der Waals surface area (Å²) in [6.45, 7) is 2.10. The molecule has 0 radical (unpaired) electrons. The SMILES string of the molecule is CCN(C(=O)c1cc(S(N)(=O)=O)c(F)cc1F)C1CC1. The average Bonchev–Trinajstić information content (AvgIpc) is 3.12. The van der Waals surface area contributed by atoms with E-state index in [4.69, 9.17) is 5.14 Å². The second-order valence-corrected chi connectivity index (χ2v) is 6.16. The molecule has 1 saturated carbocycles. The van der Waals surface area contributed by atoms with E-state index in [-0.39, 0.29) is 6.04 Å². The zero-order valence-corrected chi connectivity index (χ0v) is 11.6. The Morgan fingerprint density at radius 1 is 1.35 bits per heavy atom. The minimum Gasteiger partial charge on any atom is -0.336 e. The number of hydrogen-bond donors (Lipinski definition) is 1. The molecule has 0 aromatic heterocycles. The minimum absolute atomic E-state index is 0.0369. The van der Waals surface area contributed by atoms with Crippen molar-refractivity contribution in [3.8, 4) is 0 Å². The van der Waals surface area contributed by atoms with E-state index in [1.807, 2.05) is 0 Å². The lowest BCUT2D eigenvalue weighted by Gasteiger charge is -2.21. The Morgan fingerprint density at radius 2 is 1.95 bits per heavy atom. The predicted molar refractivity (Wildman–Crippen MR) is 67.5 cm³/mol. The van der Waals surface area contributed by atoms with Gasteiger partial charge in [0.1, 0.15) is 16.5 Å². The fraction of sp³-hybridized carbons (Fsp3) is 0.417. The quantitative estimate of drug-likeness (QED) is 0.908. The normalized spacial score (nSPS) is 15.2. The van der Waals surface area contributed by atoms with Gasteiger partial charge in [0.15, 0.2) is 0 Å². The number of primary sulfonamides is 1. The monoisotopic (exact) mass is 304 g/mol. The van der Waals surface area contributed by atoms with Crippen molar-refractivity contribution >= 4 is 15.9 Å². The van der Waals surface area contributed by atoms with E-state index in [1.165, 1.54) is 4.90 Å². The predicted octanol–water partition coefficient (Wildman–Crippen LogP) is 1.24. The number of rotatable bonds is 4. The molecule has 0 heterocycles. The van der Waals surface area contributed by atoms with Crippen LogP contribution in [0.5, 0.6) is 0 Å². The third kappa shape index (κ3) is 2.80. The van der Waals surface area contributed by atoms with Crippen LogP contribution in [0.25, 0.3) is 0 Å². The van der Waals surface area contributed by atoms with Crippen LogP contribution in [0.2, 0.25) is 0 Å². The summed E-state index contributed by atoms with van der Waals surface area (Å²) in [5.74, 6) is -3.06. The number of carbonyl (C=O) groups is 1. The highest BCUT2D eigenvalue weighted by molar-refractivity contribution is 7.89. The number of nitrogens with zero attached hydrogens (tertiary/aromatic N) is 1. The number of sulfonamides is 1. The second-order valence-electron chi connectivity index (χ2n) is 4.63. The van der Waals surface area contributed by atoms with Crippen molar-refractivity contribution in [2.24, 2.45) is 5.14 Å². The molecule has 0 aliphatic heterocycles. The highest BCUT2D eigenvalue weighted by Crippen LogP contribution is 2.29. The van der Waals surface area contributed by atoms with Gasteiger partial charge >= 0.3 is 0 Å². The molecule has 1 aromatic rings. The molecule has 8 heteroatoms. The third-order valence-electron chi connectivity index (χ3n) is 3.15. The fourth-order valence-electron chi connectivity index (χ4n) is 2.02. The van der Waals surface area contributed by atoms with Gasteiger partial charge in [-0.2, -0.15) is 0 Å². The molecule has 0 saturated heterocycles. The molecule has 1 fully saturated rings. The number of carbonyl (C=O) groups excluding carboxylic acids is 1. The van der Waals surface area contributed by atoms with Crippen molar-refractivity contribution in [1.29, 1.82) is 0 Å². The van der Waals surface area contributed by atoms with E-state index in [0.29, 0.717) is 18.7 Å². The van der Waals surface area contributed by atoms with Gasteiger partial charge in [-0.15, -0.1) is 0 Å². The van der Waals surface area contributed by atoms with Gasteiger partial charge in [0.2, 0.25) is 10.0 Å². The van der Waals surface area contributed by atoms with Gasteiger partial charge in [-0.1, -0.05) is 0 Å². The molecular formula is C12H14F2N2O3S. The smallest absolute Gasteiger partial charge is 0.257 e. The summed E-state index contributed by atoms with van der Waals surface area (Å²) >= 11 is 0. The van der Waals surface area contributed by atoms with Gasteiger partial charge in [0.25, 0.3) is 5.91 Å². The zero-order valence-electron chi connectivity index (χ0n) is 10.8. The molecule has 1 aromatic carbocycles. The van der Waals surface area contributed by atoms with E-state index < -0.39 is 38.0 Å². The molecule has 1 aliphatic rings. The van der Waals surface area contributed by atoms with Crippen molar-refractivity contribution < 1.29 is 22.0 Å². The second kappa shape index (κ2) is 5.10. The first-order chi connectivity index (χ1) is 9.25. The van der Waals surface area contributed by atoms with Gasteiger partial charge in [-0.05, 0) is 25.8 Å². The van der Waals surface area contributed by atoms with E-state index in [9.17, 15) is 22.0 Å². The number of amides is 1. The van der Waals surface area contributed by atoms with E-state index in [2.05, 4.69) is 0 Å². The molecule has 1 amide bonds. The molecule has 5 nitrogen and oxygen atoms in total. The number of hydrogen-bond acceptors (Lipinski definition) is 3. The van der Waals surface area contributed by atoms with Crippen molar-refractivity contribution in [3.63, 3.8) is 0 Å². The highest BCUT2D eigenvalue weighted by atomic mass is 32.2. The maximum absolute atomic E-state index is 13.7. The number of nitrogens with two attached hydrogens (primary N) is 1. The molecule has 1 aliphatic carbocycles.